The minimum absolute atomic E-state index is 0.687. The minimum Gasteiger partial charge on any atom is -0.371 e. The molecule has 0 spiro atoms. The summed E-state index contributed by atoms with van der Waals surface area (Å²) in [7, 11) is 0. The molecular weight excluding hydrogens is 212 g/mol. The number of anilines is 1. The lowest BCUT2D eigenvalue weighted by atomic mass is 10.3. The van der Waals surface area contributed by atoms with Crippen molar-refractivity contribution >= 4 is 41.9 Å². The highest BCUT2D eigenvalue weighted by Crippen LogP contribution is 2.34. The Morgan fingerprint density at radius 2 is 2.33 bits per heavy atom. The van der Waals surface area contributed by atoms with Crippen molar-refractivity contribution in [2.45, 2.75) is 9.79 Å². The van der Waals surface area contributed by atoms with Gasteiger partial charge in [0, 0.05) is 9.79 Å². The summed E-state index contributed by atoms with van der Waals surface area (Å²) in [5.74, 6) is 0. The Balaban J connectivity index is 2.49. The third kappa shape index (κ3) is 1.52. The largest absolute Gasteiger partial charge is 0.371 e. The van der Waals surface area contributed by atoms with Gasteiger partial charge in [0.05, 0.1) is 17.4 Å². The lowest BCUT2D eigenvalue weighted by Gasteiger charge is -2.18. The molecule has 0 aliphatic carbocycles. The van der Waals surface area contributed by atoms with Gasteiger partial charge < -0.3 is 5.32 Å². The Bertz CT molecular complexity index is 286. The summed E-state index contributed by atoms with van der Waals surface area (Å²) in [5.41, 5.74) is 1.07. The van der Waals surface area contributed by atoms with Gasteiger partial charge in [-0.05, 0) is 24.1 Å². The van der Waals surface area contributed by atoms with Gasteiger partial charge in [-0.3, -0.25) is 0 Å². The predicted molar refractivity (Wildman–Crippen MR) is 56.2 cm³/mol. The number of rotatable bonds is 0. The number of benzene rings is 1. The molecular formula is C7H7ClN2S2. The van der Waals surface area contributed by atoms with Crippen LogP contribution in [0.3, 0.4) is 0 Å². The summed E-state index contributed by atoms with van der Waals surface area (Å²) in [6.07, 6.45) is 0. The Morgan fingerprint density at radius 3 is 3.17 bits per heavy atom. The fraction of sp³-hybridized carbons (Fsp3) is 0.143. The normalized spacial score (nSPS) is 15.2. The number of halogens is 1. The first-order valence-corrected chi connectivity index (χ1v) is 5.07. The summed E-state index contributed by atoms with van der Waals surface area (Å²) >= 11 is 11.7. The van der Waals surface area contributed by atoms with Crippen LogP contribution in [0.4, 0.5) is 5.69 Å². The third-order valence-electron chi connectivity index (χ3n) is 1.58. The van der Waals surface area contributed by atoms with Gasteiger partial charge >= 0.3 is 0 Å². The fourth-order valence-corrected chi connectivity index (χ4v) is 2.17. The second-order valence-electron chi connectivity index (χ2n) is 2.40. The van der Waals surface area contributed by atoms with Gasteiger partial charge in [0.25, 0.3) is 0 Å². The molecule has 0 atom stereocenters. The molecule has 12 heavy (non-hydrogen) atoms. The van der Waals surface area contributed by atoms with E-state index < -0.39 is 0 Å². The smallest absolute Gasteiger partial charge is 0.0750 e. The number of hydrogen-bond donors (Lipinski definition) is 3. The molecule has 1 heterocycles. The zero-order valence-corrected chi connectivity index (χ0v) is 8.56. The maximum absolute atomic E-state index is 5.90. The van der Waals surface area contributed by atoms with E-state index in [2.05, 4.69) is 22.7 Å². The van der Waals surface area contributed by atoms with Crippen LogP contribution in [0.15, 0.2) is 21.9 Å². The molecule has 0 bridgehead atoms. The summed E-state index contributed by atoms with van der Waals surface area (Å²) in [5, 5.41) is 3.87. The van der Waals surface area contributed by atoms with Crippen molar-refractivity contribution < 1.29 is 0 Å². The van der Waals surface area contributed by atoms with Gasteiger partial charge in [0.1, 0.15) is 0 Å². The first-order valence-electron chi connectivity index (χ1n) is 3.43. The van der Waals surface area contributed by atoms with E-state index in [1.54, 1.807) is 11.9 Å². The van der Waals surface area contributed by atoms with Gasteiger partial charge in [-0.25, -0.2) is 4.72 Å². The lowest BCUT2D eigenvalue weighted by Crippen LogP contribution is -2.20. The van der Waals surface area contributed by atoms with Crippen molar-refractivity contribution in [3.8, 4) is 0 Å². The summed E-state index contributed by atoms with van der Waals surface area (Å²) < 4.78 is 3.12. The van der Waals surface area contributed by atoms with Crippen LogP contribution in [-0.4, -0.2) is 6.67 Å². The van der Waals surface area contributed by atoms with Crippen LogP contribution in [0.1, 0.15) is 0 Å². The standard InChI is InChI=1S/C7H7ClN2S2/c8-4-1-5-7(2-6(4)11)12-10-3-9-5/h1-2,9-11H,3H2. The molecule has 1 aromatic rings. The Kier molecular flexibility index (Phi) is 2.41. The van der Waals surface area contributed by atoms with Crippen LogP contribution < -0.4 is 10.0 Å². The molecule has 2 rings (SSSR count). The average Bonchev–Trinajstić information content (AvgIpc) is 2.07. The average molecular weight is 219 g/mol. The van der Waals surface area contributed by atoms with Crippen LogP contribution >= 0.6 is 36.2 Å². The Morgan fingerprint density at radius 1 is 1.50 bits per heavy atom. The van der Waals surface area contributed by atoms with E-state index in [1.807, 2.05) is 12.1 Å². The van der Waals surface area contributed by atoms with Gasteiger partial charge in [0.2, 0.25) is 0 Å². The van der Waals surface area contributed by atoms with E-state index in [1.165, 1.54) is 0 Å². The van der Waals surface area contributed by atoms with Crippen molar-refractivity contribution in [1.29, 1.82) is 0 Å². The second-order valence-corrected chi connectivity index (χ2v) is 4.22. The van der Waals surface area contributed by atoms with Gasteiger partial charge in [-0.2, -0.15) is 0 Å². The molecule has 0 saturated heterocycles. The van der Waals surface area contributed by atoms with Gasteiger partial charge in [0.15, 0.2) is 0 Å². The zero-order valence-electron chi connectivity index (χ0n) is 6.10. The molecule has 0 aromatic heterocycles. The molecule has 1 aromatic carbocycles. The molecule has 1 aliphatic rings. The van der Waals surface area contributed by atoms with Crippen LogP contribution in [0.25, 0.3) is 0 Å². The lowest BCUT2D eigenvalue weighted by molar-refractivity contribution is 1.01. The minimum atomic E-state index is 0.687. The fourth-order valence-electron chi connectivity index (χ4n) is 1.01. The van der Waals surface area contributed by atoms with Crippen LogP contribution in [0.2, 0.25) is 5.02 Å². The van der Waals surface area contributed by atoms with Crippen molar-refractivity contribution in [2.24, 2.45) is 0 Å². The van der Waals surface area contributed by atoms with Crippen LogP contribution in [0, 0.1) is 0 Å². The topological polar surface area (TPSA) is 24.1 Å². The highest BCUT2D eigenvalue weighted by Gasteiger charge is 2.10. The number of hydrogen-bond acceptors (Lipinski definition) is 4. The molecule has 0 amide bonds. The van der Waals surface area contributed by atoms with Crippen molar-refractivity contribution in [3.05, 3.63) is 17.2 Å². The summed E-state index contributed by atoms with van der Waals surface area (Å²) in [6, 6.07) is 3.84. The Labute approximate surface area is 85.6 Å². The zero-order chi connectivity index (χ0) is 8.55. The molecule has 0 saturated carbocycles. The van der Waals surface area contributed by atoms with E-state index >= 15 is 0 Å². The van der Waals surface area contributed by atoms with Crippen molar-refractivity contribution in [2.75, 3.05) is 12.0 Å². The highest BCUT2D eigenvalue weighted by atomic mass is 35.5. The van der Waals surface area contributed by atoms with Crippen molar-refractivity contribution in [1.82, 2.24) is 4.72 Å². The molecule has 2 N–H and O–H groups in total. The second kappa shape index (κ2) is 3.38. The maximum atomic E-state index is 5.90. The van der Waals surface area contributed by atoms with E-state index in [9.17, 15) is 0 Å². The molecule has 0 radical (unpaired) electrons. The predicted octanol–water partition coefficient (Wildman–Crippen LogP) is 2.61. The molecule has 5 heteroatoms. The monoisotopic (exact) mass is 218 g/mol. The van der Waals surface area contributed by atoms with Crippen LogP contribution in [-0.2, 0) is 0 Å². The van der Waals surface area contributed by atoms with E-state index in [4.69, 9.17) is 11.6 Å². The molecule has 1 aliphatic heterocycles. The molecule has 2 nitrogen and oxygen atoms in total. The SMILES string of the molecule is Sc1cc2c(cc1Cl)NCNS2. The van der Waals surface area contributed by atoms with E-state index in [0.29, 0.717) is 5.02 Å². The van der Waals surface area contributed by atoms with Crippen molar-refractivity contribution in [3.63, 3.8) is 0 Å². The molecule has 0 fully saturated rings. The summed E-state index contributed by atoms with van der Waals surface area (Å²) in [6.45, 7) is 0.764. The van der Waals surface area contributed by atoms with E-state index in [0.717, 1.165) is 22.1 Å². The molecule has 0 unspecified atom stereocenters. The number of thiol groups is 1. The third-order valence-corrected chi connectivity index (χ3v) is 3.24. The van der Waals surface area contributed by atoms with Crippen LogP contribution in [0.5, 0.6) is 0 Å². The first-order chi connectivity index (χ1) is 5.77. The maximum Gasteiger partial charge on any atom is 0.0750 e. The van der Waals surface area contributed by atoms with Gasteiger partial charge in [-0.15, -0.1) is 12.6 Å². The highest BCUT2D eigenvalue weighted by molar-refractivity contribution is 7.97. The van der Waals surface area contributed by atoms with Gasteiger partial charge in [-0.1, -0.05) is 11.6 Å². The number of nitrogens with one attached hydrogen (secondary N) is 2. The summed E-state index contributed by atoms with van der Waals surface area (Å²) in [4.78, 5) is 1.95. The quantitative estimate of drug-likeness (QED) is 0.461. The Hall–Kier alpha value is -0.0300. The number of fused-ring (bicyclic) bond motifs is 1. The van der Waals surface area contributed by atoms with E-state index in [-0.39, 0.29) is 0 Å². The first kappa shape index (κ1) is 8.56. The molecule has 64 valence electrons.